The third kappa shape index (κ3) is 4.23. The summed E-state index contributed by atoms with van der Waals surface area (Å²) in [5, 5.41) is 17.7. The van der Waals surface area contributed by atoms with Crippen molar-refractivity contribution in [3.8, 4) is 10.6 Å². The predicted octanol–water partition coefficient (Wildman–Crippen LogP) is 2.74. The van der Waals surface area contributed by atoms with Crippen molar-refractivity contribution in [3.63, 3.8) is 0 Å². The zero-order valence-electron chi connectivity index (χ0n) is 12.3. The maximum Gasteiger partial charge on any atom is 0.123 e. The van der Waals surface area contributed by atoms with Gasteiger partial charge in [0.05, 0.1) is 17.7 Å². The molecule has 2 N–H and O–H groups in total. The van der Waals surface area contributed by atoms with Crippen LogP contribution in [0.2, 0.25) is 0 Å². The van der Waals surface area contributed by atoms with Gasteiger partial charge in [-0.3, -0.25) is 15.3 Å². The van der Waals surface area contributed by atoms with Gasteiger partial charge in [0.2, 0.25) is 0 Å². The molecule has 0 spiro atoms. The van der Waals surface area contributed by atoms with E-state index in [1.807, 2.05) is 21.0 Å². The van der Waals surface area contributed by atoms with Crippen LogP contribution in [-0.4, -0.2) is 41.5 Å². The van der Waals surface area contributed by atoms with E-state index in [-0.39, 0.29) is 12.0 Å². The minimum atomic E-state index is -0.267. The fourth-order valence-electron chi connectivity index (χ4n) is 1.91. The molecule has 0 aliphatic heterocycles. The van der Waals surface area contributed by atoms with Crippen molar-refractivity contribution in [1.29, 1.82) is 0 Å². The minimum absolute atomic E-state index is 0.190. The molecule has 7 heteroatoms. The number of anilines is 1. The summed E-state index contributed by atoms with van der Waals surface area (Å²) in [5.74, 6) is 0. The van der Waals surface area contributed by atoms with Crippen molar-refractivity contribution in [2.75, 3.05) is 25.6 Å². The van der Waals surface area contributed by atoms with Crippen LogP contribution in [0, 0.1) is 6.92 Å². The van der Waals surface area contributed by atoms with E-state index in [4.69, 9.17) is 10.4 Å². The van der Waals surface area contributed by atoms with Gasteiger partial charge in [-0.2, -0.15) is 0 Å². The Kier molecular flexibility index (Phi) is 5.27. The van der Waals surface area contributed by atoms with Gasteiger partial charge in [0.25, 0.3) is 0 Å². The Morgan fingerprint density at radius 2 is 1.86 bits per heavy atom. The minimum Gasteiger partial charge on any atom is -0.378 e. The highest BCUT2D eigenvalue weighted by Gasteiger charge is 2.10. The molecule has 114 valence electrons. The summed E-state index contributed by atoms with van der Waals surface area (Å²) >= 11 is 1.59. The van der Waals surface area contributed by atoms with Crippen molar-refractivity contribution >= 4 is 17.0 Å². The van der Waals surface area contributed by atoms with Crippen LogP contribution in [0.4, 0.5) is 5.69 Å². The summed E-state index contributed by atoms with van der Waals surface area (Å²) in [6.07, 6.45) is 0.580. The summed E-state index contributed by atoms with van der Waals surface area (Å²) in [6.45, 7) is 2.13. The molecule has 0 fully saturated rings. The molecule has 0 saturated carbocycles. The molecule has 0 bridgehead atoms. The van der Waals surface area contributed by atoms with E-state index in [2.05, 4.69) is 39.0 Å². The molecular weight excluding hydrogens is 290 g/mol. The molecular formula is C14H19N3O3S. The van der Waals surface area contributed by atoms with Gasteiger partial charge < -0.3 is 4.90 Å². The molecule has 0 aliphatic rings. The van der Waals surface area contributed by atoms with Crippen LogP contribution in [0.15, 0.2) is 24.3 Å². The number of benzene rings is 1. The van der Waals surface area contributed by atoms with Gasteiger partial charge in [-0.1, -0.05) is 0 Å². The Hall–Kier alpha value is -1.51. The smallest absolute Gasteiger partial charge is 0.123 e. The van der Waals surface area contributed by atoms with E-state index in [0.29, 0.717) is 6.42 Å². The lowest BCUT2D eigenvalue weighted by Crippen LogP contribution is -2.16. The Morgan fingerprint density at radius 3 is 2.43 bits per heavy atom. The van der Waals surface area contributed by atoms with Crippen LogP contribution < -0.4 is 4.90 Å². The van der Waals surface area contributed by atoms with Crippen LogP contribution in [0.25, 0.3) is 10.6 Å². The van der Waals surface area contributed by atoms with Gasteiger partial charge in [0.1, 0.15) is 5.01 Å². The van der Waals surface area contributed by atoms with Gasteiger partial charge in [0, 0.05) is 36.6 Å². The van der Waals surface area contributed by atoms with Crippen LogP contribution in [-0.2, 0) is 11.3 Å². The first-order valence-electron chi connectivity index (χ1n) is 6.52. The van der Waals surface area contributed by atoms with E-state index in [1.54, 1.807) is 11.3 Å². The number of nitrogens with zero attached hydrogens (tertiary/aromatic N) is 3. The van der Waals surface area contributed by atoms with Crippen molar-refractivity contribution in [1.82, 2.24) is 10.4 Å². The highest BCUT2D eigenvalue weighted by Crippen LogP contribution is 2.29. The zero-order chi connectivity index (χ0) is 15.4. The predicted molar refractivity (Wildman–Crippen MR) is 81.7 cm³/mol. The van der Waals surface area contributed by atoms with Crippen molar-refractivity contribution < 1.29 is 15.3 Å². The van der Waals surface area contributed by atoms with Gasteiger partial charge in [-0.05, 0) is 31.2 Å². The topological polar surface area (TPSA) is 69.1 Å². The SMILES string of the molecule is Cc1nc(-c2ccc(N(C)C)cc2)sc1CCON(O)O. The number of thiazole rings is 1. The van der Waals surface area contributed by atoms with E-state index < -0.39 is 0 Å². The monoisotopic (exact) mass is 309 g/mol. The summed E-state index contributed by atoms with van der Waals surface area (Å²) in [4.78, 5) is 12.3. The van der Waals surface area contributed by atoms with Crippen LogP contribution in [0.3, 0.4) is 0 Å². The normalized spacial score (nSPS) is 11.1. The molecule has 0 atom stereocenters. The maximum absolute atomic E-state index is 8.50. The van der Waals surface area contributed by atoms with Crippen LogP contribution in [0.5, 0.6) is 0 Å². The first-order chi connectivity index (χ1) is 9.97. The summed E-state index contributed by atoms with van der Waals surface area (Å²) in [7, 11) is 4.01. The van der Waals surface area contributed by atoms with Gasteiger partial charge >= 0.3 is 0 Å². The lowest BCUT2D eigenvalue weighted by Gasteiger charge is -2.11. The number of hydrogen-bond donors (Lipinski definition) is 2. The first kappa shape index (κ1) is 15.9. The third-order valence-electron chi connectivity index (χ3n) is 3.06. The van der Waals surface area contributed by atoms with Gasteiger partial charge in [-0.15, -0.1) is 11.3 Å². The molecule has 2 rings (SSSR count). The van der Waals surface area contributed by atoms with Gasteiger partial charge in [0.15, 0.2) is 0 Å². The standard InChI is InChI=1S/C14H19N3O3S/c1-10-13(8-9-20-17(18)19)21-14(15-10)11-4-6-12(7-5-11)16(2)3/h4-7,18-19H,8-9H2,1-3H3. The van der Waals surface area contributed by atoms with Gasteiger partial charge in [-0.25, -0.2) is 4.98 Å². The average Bonchev–Trinajstić information content (AvgIpc) is 2.80. The fraction of sp³-hybridized carbons (Fsp3) is 0.357. The van der Waals surface area contributed by atoms with E-state index in [9.17, 15) is 0 Å². The highest BCUT2D eigenvalue weighted by atomic mass is 32.1. The van der Waals surface area contributed by atoms with Crippen molar-refractivity contribution in [2.24, 2.45) is 0 Å². The molecule has 0 radical (unpaired) electrons. The summed E-state index contributed by atoms with van der Waals surface area (Å²) < 4.78 is 0. The number of rotatable bonds is 6. The number of hydrogen-bond acceptors (Lipinski definition) is 7. The second-order valence-corrected chi connectivity index (χ2v) is 5.89. The van der Waals surface area contributed by atoms with E-state index in [0.717, 1.165) is 26.8 Å². The average molecular weight is 309 g/mol. The van der Waals surface area contributed by atoms with Crippen LogP contribution >= 0.6 is 11.3 Å². The first-order valence-corrected chi connectivity index (χ1v) is 7.34. The van der Waals surface area contributed by atoms with Crippen LogP contribution in [0.1, 0.15) is 10.6 Å². The van der Waals surface area contributed by atoms with Crippen molar-refractivity contribution in [2.45, 2.75) is 13.3 Å². The number of aromatic nitrogens is 1. The molecule has 0 unspecified atom stereocenters. The Labute approximate surface area is 127 Å². The molecule has 6 nitrogen and oxygen atoms in total. The summed E-state index contributed by atoms with van der Waals surface area (Å²) in [5.41, 5.74) is 3.16. The lowest BCUT2D eigenvalue weighted by atomic mass is 10.2. The van der Waals surface area contributed by atoms with Crippen molar-refractivity contribution in [3.05, 3.63) is 34.8 Å². The second kappa shape index (κ2) is 6.97. The zero-order valence-corrected chi connectivity index (χ0v) is 13.1. The Bertz CT molecular complexity index is 582. The molecule has 1 aromatic heterocycles. The maximum atomic E-state index is 8.50. The fourth-order valence-corrected chi connectivity index (χ4v) is 2.95. The second-order valence-electron chi connectivity index (χ2n) is 4.80. The molecule has 21 heavy (non-hydrogen) atoms. The molecule has 0 saturated heterocycles. The van der Waals surface area contributed by atoms with E-state index >= 15 is 0 Å². The van der Waals surface area contributed by atoms with E-state index in [1.165, 1.54) is 0 Å². The summed E-state index contributed by atoms with van der Waals surface area (Å²) in [6, 6.07) is 8.22. The lowest BCUT2D eigenvalue weighted by molar-refractivity contribution is -0.492. The number of aryl methyl sites for hydroxylation is 1. The Morgan fingerprint density at radius 1 is 1.19 bits per heavy atom. The quantitative estimate of drug-likeness (QED) is 0.800. The highest BCUT2D eigenvalue weighted by molar-refractivity contribution is 7.15. The third-order valence-corrected chi connectivity index (χ3v) is 4.33. The molecule has 0 amide bonds. The largest absolute Gasteiger partial charge is 0.378 e. The molecule has 1 heterocycles. The molecule has 2 aromatic rings. The molecule has 1 aromatic carbocycles. The molecule has 0 aliphatic carbocycles. The Balaban J connectivity index is 2.10.